The number of carbonyl (C=O) groups excluding carboxylic acids is 3. The molecule has 3 N–H and O–H groups in total. The molecule has 2 fully saturated rings. The summed E-state index contributed by atoms with van der Waals surface area (Å²) in [5.74, 6) is -0.386. The van der Waals surface area contributed by atoms with Crippen molar-refractivity contribution in [2.45, 2.75) is 71.9 Å². The van der Waals surface area contributed by atoms with Gasteiger partial charge in [-0.2, -0.15) is 0 Å². The molecule has 0 bridgehead atoms. The van der Waals surface area contributed by atoms with Gasteiger partial charge in [0.2, 0.25) is 15.9 Å². The first-order valence-corrected chi connectivity index (χ1v) is 19.4. The lowest BCUT2D eigenvalue weighted by atomic mass is 9.86. The number of hydrogen-bond acceptors (Lipinski definition) is 10. The van der Waals surface area contributed by atoms with E-state index in [0.717, 1.165) is 28.3 Å². The third kappa shape index (κ3) is 9.36. The molecule has 0 aliphatic carbocycles. The molecule has 0 spiro atoms. The third-order valence-electron chi connectivity index (χ3n) is 9.35. The van der Waals surface area contributed by atoms with Crippen molar-refractivity contribution in [3.05, 3.63) is 53.2 Å². The minimum absolute atomic E-state index is 0.00657. The summed E-state index contributed by atoms with van der Waals surface area (Å²) in [6.45, 7) is 16.7. The predicted octanol–water partition coefficient (Wildman–Crippen LogP) is 5.49. The Morgan fingerprint density at radius 2 is 1.63 bits per heavy atom. The Balaban J connectivity index is 1.25. The van der Waals surface area contributed by atoms with E-state index in [1.54, 1.807) is 39.0 Å². The highest BCUT2D eigenvalue weighted by molar-refractivity contribution is 7.92. The number of anilines is 2. The van der Waals surface area contributed by atoms with Gasteiger partial charge in [-0.3, -0.25) is 19.2 Å². The maximum atomic E-state index is 13.7. The van der Waals surface area contributed by atoms with Crippen LogP contribution in [-0.4, -0.2) is 104 Å². The summed E-state index contributed by atoms with van der Waals surface area (Å²) >= 11 is 0. The van der Waals surface area contributed by atoms with Crippen molar-refractivity contribution in [2.75, 3.05) is 62.7 Å². The van der Waals surface area contributed by atoms with Crippen LogP contribution >= 0.6 is 0 Å². The van der Waals surface area contributed by atoms with E-state index in [1.165, 1.54) is 12.2 Å². The molecule has 2 aromatic carbocycles. The topological polar surface area (TPSA) is 163 Å². The molecule has 2 saturated heterocycles. The molecule has 284 valence electrons. The van der Waals surface area contributed by atoms with Crippen LogP contribution in [0.3, 0.4) is 0 Å². The van der Waals surface area contributed by atoms with E-state index in [9.17, 15) is 22.8 Å². The van der Waals surface area contributed by atoms with Gasteiger partial charge in [-0.25, -0.2) is 13.2 Å². The largest absolute Gasteiger partial charge is 0.528 e. The molecule has 0 radical (unpaired) electrons. The van der Waals surface area contributed by atoms with Crippen LogP contribution in [0.25, 0.3) is 10.9 Å². The third-order valence-corrected chi connectivity index (χ3v) is 9.94. The average Bonchev–Trinajstić information content (AvgIpc) is 3.69. The van der Waals surface area contributed by atoms with Crippen molar-refractivity contribution in [2.24, 2.45) is 5.92 Å². The van der Waals surface area contributed by atoms with E-state index < -0.39 is 27.7 Å². The summed E-state index contributed by atoms with van der Waals surface area (Å²) in [5, 5.41) is 5.32. The van der Waals surface area contributed by atoms with Crippen LogP contribution < -0.4 is 14.8 Å². The molecule has 3 heterocycles. The Morgan fingerprint density at radius 1 is 0.962 bits per heavy atom. The number of piperazine rings is 1. The fourth-order valence-electron chi connectivity index (χ4n) is 6.66. The molecule has 3 aromatic rings. The number of sulfonamides is 1. The molecular formula is C37H52N6O8S. The minimum atomic E-state index is -3.62. The Bertz CT molecular complexity index is 1920. The molecule has 2 aliphatic rings. The standard InChI is InChI=1S/C37H52N6O8S/c1-23(41-15-17-42(18-16-41)34(45)25-13-14-43(22-25)51-35(46)50-37(5,6)7)27-12-10-11-24-19-30(38-31(24)27)33(44)39-28-20-26(36(2,3)4)21-29(32(28)49-8)40-52(9,47)48/h10-12,19-21,23,25,38,40H,13-18,22H2,1-9H3,(H,39,44)/t23-,25?/m0/s1. The van der Waals surface area contributed by atoms with Crippen molar-refractivity contribution < 1.29 is 37.1 Å². The number of H-pyrrole nitrogens is 1. The maximum absolute atomic E-state index is 13.7. The van der Waals surface area contributed by atoms with E-state index in [2.05, 4.69) is 26.8 Å². The number of rotatable bonds is 9. The van der Waals surface area contributed by atoms with Crippen molar-refractivity contribution in [3.8, 4) is 5.75 Å². The van der Waals surface area contributed by atoms with Gasteiger partial charge in [0.1, 0.15) is 11.3 Å². The molecule has 52 heavy (non-hydrogen) atoms. The first kappa shape index (κ1) is 38.9. The van der Waals surface area contributed by atoms with E-state index in [4.69, 9.17) is 14.3 Å². The van der Waals surface area contributed by atoms with Gasteiger partial charge in [0.25, 0.3) is 5.91 Å². The zero-order valence-corrected chi connectivity index (χ0v) is 32.4. The fraction of sp³-hybridized carbons (Fsp3) is 0.541. The van der Waals surface area contributed by atoms with Crippen LogP contribution in [0.15, 0.2) is 36.4 Å². The van der Waals surface area contributed by atoms with Crippen LogP contribution in [0.2, 0.25) is 0 Å². The summed E-state index contributed by atoms with van der Waals surface area (Å²) in [4.78, 5) is 52.0. The number of nitrogens with zero attached hydrogens (tertiary/aromatic N) is 3. The monoisotopic (exact) mass is 740 g/mol. The molecule has 0 saturated carbocycles. The predicted molar refractivity (Wildman–Crippen MR) is 200 cm³/mol. The smallest absolute Gasteiger partial charge is 0.492 e. The first-order valence-electron chi connectivity index (χ1n) is 17.5. The molecule has 15 heteroatoms. The summed E-state index contributed by atoms with van der Waals surface area (Å²) in [5.41, 5.74) is 2.58. The molecule has 2 amide bonds. The lowest BCUT2D eigenvalue weighted by molar-refractivity contribution is -0.144. The Labute approximate surface area is 306 Å². The highest BCUT2D eigenvalue weighted by Gasteiger charge is 2.36. The van der Waals surface area contributed by atoms with Crippen molar-refractivity contribution in [1.82, 2.24) is 19.8 Å². The van der Waals surface area contributed by atoms with Gasteiger partial charge in [0.15, 0.2) is 5.75 Å². The zero-order valence-electron chi connectivity index (χ0n) is 31.6. The molecule has 2 atom stereocenters. The van der Waals surface area contributed by atoms with E-state index >= 15 is 0 Å². The first-order chi connectivity index (χ1) is 24.2. The van der Waals surface area contributed by atoms with E-state index in [1.807, 2.05) is 43.9 Å². The van der Waals surface area contributed by atoms with Crippen LogP contribution in [0.1, 0.15) is 82.5 Å². The van der Waals surface area contributed by atoms with Gasteiger partial charge in [-0.1, -0.05) is 39.0 Å². The molecule has 2 aliphatic heterocycles. The van der Waals surface area contributed by atoms with Crippen LogP contribution in [-0.2, 0) is 29.8 Å². The van der Waals surface area contributed by atoms with Gasteiger partial charge >= 0.3 is 6.16 Å². The molecule has 14 nitrogen and oxygen atoms in total. The van der Waals surface area contributed by atoms with Gasteiger partial charge in [-0.15, -0.1) is 5.06 Å². The van der Waals surface area contributed by atoms with Crippen molar-refractivity contribution in [1.29, 1.82) is 0 Å². The quantitative estimate of drug-likeness (QED) is 0.239. The fourth-order valence-corrected chi connectivity index (χ4v) is 7.21. The summed E-state index contributed by atoms with van der Waals surface area (Å²) in [6.07, 6.45) is 0.904. The number of fused-ring (bicyclic) bond motifs is 1. The normalized spacial score (nSPS) is 18.2. The Morgan fingerprint density at radius 3 is 2.25 bits per heavy atom. The Kier molecular flexibility index (Phi) is 11.2. The molecule has 5 rings (SSSR count). The van der Waals surface area contributed by atoms with Crippen LogP contribution in [0, 0.1) is 5.92 Å². The number of aromatic amines is 1. The molecular weight excluding hydrogens is 689 g/mol. The van der Waals surface area contributed by atoms with Crippen LogP contribution in [0.4, 0.5) is 16.2 Å². The second-order valence-corrected chi connectivity index (χ2v) is 17.4. The summed E-state index contributed by atoms with van der Waals surface area (Å²) in [7, 11) is -2.20. The van der Waals surface area contributed by atoms with Gasteiger partial charge in [-0.05, 0) is 68.9 Å². The van der Waals surface area contributed by atoms with E-state index in [-0.39, 0.29) is 34.7 Å². The molecule has 1 unspecified atom stereocenters. The number of para-hydroxylation sites is 1. The summed E-state index contributed by atoms with van der Waals surface area (Å²) < 4.78 is 37.7. The number of hydrogen-bond donors (Lipinski definition) is 3. The number of amides is 2. The maximum Gasteiger partial charge on any atom is 0.528 e. The number of aromatic nitrogens is 1. The SMILES string of the molecule is COc1c(NC(=O)c2cc3cccc([C@H](C)N4CCN(C(=O)C5CCN(OC(=O)OC(C)(C)C)C5)CC4)c3[nH]2)cc(C(C)(C)C)cc1NS(C)(=O)=O. The molecule has 1 aromatic heterocycles. The van der Waals surface area contributed by atoms with E-state index in [0.29, 0.717) is 57.1 Å². The lowest BCUT2D eigenvalue weighted by Gasteiger charge is -2.39. The number of methoxy groups -OCH3 is 1. The van der Waals surface area contributed by atoms with Crippen molar-refractivity contribution in [3.63, 3.8) is 0 Å². The Hall–Kier alpha value is -4.34. The zero-order chi connectivity index (χ0) is 38.2. The van der Waals surface area contributed by atoms with Crippen LogP contribution in [0.5, 0.6) is 5.75 Å². The number of carbonyl (C=O) groups is 3. The number of hydroxylamine groups is 2. The highest BCUT2D eigenvalue weighted by Crippen LogP contribution is 2.39. The summed E-state index contributed by atoms with van der Waals surface area (Å²) in [6, 6.07) is 11.3. The lowest BCUT2D eigenvalue weighted by Crippen LogP contribution is -2.51. The number of benzene rings is 2. The average molecular weight is 741 g/mol. The second-order valence-electron chi connectivity index (χ2n) is 15.6. The second kappa shape index (κ2) is 15.0. The highest BCUT2D eigenvalue weighted by atomic mass is 32.2. The minimum Gasteiger partial charge on any atom is -0.492 e. The number of ether oxygens (including phenoxy) is 2. The number of nitrogens with one attached hydrogen (secondary N) is 3. The van der Waals surface area contributed by atoms with Crippen molar-refractivity contribution >= 4 is 50.3 Å². The van der Waals surface area contributed by atoms with Gasteiger partial charge in [0, 0.05) is 50.7 Å². The van der Waals surface area contributed by atoms with Gasteiger partial charge < -0.3 is 29.5 Å². The van der Waals surface area contributed by atoms with Gasteiger partial charge in [0.05, 0.1) is 36.2 Å².